The van der Waals surface area contributed by atoms with Gasteiger partial charge in [0.25, 0.3) is 0 Å². The van der Waals surface area contributed by atoms with Crippen molar-refractivity contribution < 1.29 is 4.39 Å². The maximum atomic E-state index is 13.3. The van der Waals surface area contributed by atoms with Crippen LogP contribution in [-0.4, -0.2) is 31.1 Å². The molecule has 1 aliphatic heterocycles. The summed E-state index contributed by atoms with van der Waals surface area (Å²) in [5.41, 5.74) is 2.31. The van der Waals surface area contributed by atoms with Crippen molar-refractivity contribution in [3.8, 4) is 0 Å². The van der Waals surface area contributed by atoms with Gasteiger partial charge in [0.05, 0.1) is 0 Å². The normalized spacial score (nSPS) is 21.2. The molecule has 1 heterocycles. The molecule has 1 atom stereocenters. The lowest BCUT2D eigenvalue weighted by Crippen LogP contribution is -2.44. The Labute approximate surface area is 109 Å². The van der Waals surface area contributed by atoms with E-state index in [0.29, 0.717) is 6.04 Å². The molecule has 100 valence electrons. The van der Waals surface area contributed by atoms with Crippen LogP contribution in [0.25, 0.3) is 0 Å². The molecule has 18 heavy (non-hydrogen) atoms. The topological polar surface area (TPSA) is 15.3 Å². The molecule has 0 aliphatic carbocycles. The van der Waals surface area contributed by atoms with E-state index >= 15 is 0 Å². The van der Waals surface area contributed by atoms with Crippen LogP contribution < -0.4 is 5.32 Å². The first-order chi connectivity index (χ1) is 8.70. The molecule has 1 N–H and O–H groups in total. The second kappa shape index (κ2) is 6.30. The highest BCUT2D eigenvalue weighted by molar-refractivity contribution is 5.26. The summed E-state index contributed by atoms with van der Waals surface area (Å²) in [5, 5.41) is 3.26. The molecule has 1 aromatic rings. The van der Waals surface area contributed by atoms with Gasteiger partial charge in [0.15, 0.2) is 0 Å². The molecule has 2 nitrogen and oxygen atoms in total. The highest BCUT2D eigenvalue weighted by Gasteiger charge is 2.22. The first-order valence-corrected chi connectivity index (χ1v) is 6.84. The van der Waals surface area contributed by atoms with Crippen molar-refractivity contribution in [1.29, 1.82) is 0 Å². The van der Waals surface area contributed by atoms with E-state index in [1.807, 2.05) is 13.1 Å². The molecule has 1 unspecified atom stereocenters. The molecule has 0 radical (unpaired) electrons. The number of halogens is 1. The van der Waals surface area contributed by atoms with Gasteiger partial charge in [0.1, 0.15) is 5.82 Å². The molecule has 0 aromatic heterocycles. The summed E-state index contributed by atoms with van der Waals surface area (Å²) in [4.78, 5) is 2.49. The van der Waals surface area contributed by atoms with Crippen LogP contribution in [0.5, 0.6) is 0 Å². The van der Waals surface area contributed by atoms with Gasteiger partial charge < -0.3 is 5.32 Å². The van der Waals surface area contributed by atoms with Crippen molar-refractivity contribution in [3.05, 3.63) is 35.1 Å². The molecule has 1 saturated heterocycles. The Kier molecular flexibility index (Phi) is 4.72. The number of hydrogen-bond acceptors (Lipinski definition) is 2. The monoisotopic (exact) mass is 250 g/mol. The molecule has 0 amide bonds. The lowest BCUT2D eigenvalue weighted by Gasteiger charge is -2.36. The predicted molar refractivity (Wildman–Crippen MR) is 73.1 cm³/mol. The second-order valence-electron chi connectivity index (χ2n) is 5.25. The van der Waals surface area contributed by atoms with Crippen LogP contribution >= 0.6 is 0 Å². The summed E-state index contributed by atoms with van der Waals surface area (Å²) in [6.07, 6.45) is 3.81. The lowest BCUT2D eigenvalue weighted by atomic mass is 10.00. The molecule has 0 spiro atoms. The summed E-state index contributed by atoms with van der Waals surface area (Å²) >= 11 is 0. The highest BCUT2D eigenvalue weighted by Crippen LogP contribution is 2.21. The van der Waals surface area contributed by atoms with E-state index in [1.54, 1.807) is 12.1 Å². The Hall–Kier alpha value is -0.930. The van der Waals surface area contributed by atoms with Gasteiger partial charge in [0.2, 0.25) is 0 Å². The van der Waals surface area contributed by atoms with E-state index in [0.717, 1.165) is 25.2 Å². The van der Waals surface area contributed by atoms with Gasteiger partial charge >= 0.3 is 0 Å². The van der Waals surface area contributed by atoms with Crippen LogP contribution in [0.2, 0.25) is 0 Å². The third kappa shape index (κ3) is 3.30. The number of benzene rings is 1. The summed E-state index contributed by atoms with van der Waals surface area (Å²) in [6, 6.07) is 5.69. The van der Waals surface area contributed by atoms with Crippen LogP contribution in [0.15, 0.2) is 18.2 Å². The molecule has 0 saturated carbocycles. The first-order valence-electron chi connectivity index (χ1n) is 6.84. The standard InChI is InChI=1S/C15H23FN2/c1-12-6-7-14(16)9-13(12)11-18-8-4-3-5-15(18)10-17-2/h6-7,9,15,17H,3-5,8,10-11H2,1-2H3. The van der Waals surface area contributed by atoms with E-state index < -0.39 is 0 Å². The maximum Gasteiger partial charge on any atom is 0.123 e. The lowest BCUT2D eigenvalue weighted by molar-refractivity contribution is 0.139. The zero-order valence-electron chi connectivity index (χ0n) is 11.4. The van der Waals surface area contributed by atoms with Crippen LogP contribution in [0.3, 0.4) is 0 Å². The van der Waals surface area contributed by atoms with E-state index in [1.165, 1.54) is 24.8 Å². The molecular weight excluding hydrogens is 227 g/mol. The van der Waals surface area contributed by atoms with Crippen molar-refractivity contribution >= 4 is 0 Å². The Morgan fingerprint density at radius 3 is 3.00 bits per heavy atom. The molecule has 2 rings (SSSR count). The number of rotatable bonds is 4. The molecule has 3 heteroatoms. The SMILES string of the molecule is CNCC1CCCCN1Cc1cc(F)ccc1C. The zero-order valence-corrected chi connectivity index (χ0v) is 11.4. The Balaban J connectivity index is 2.08. The fourth-order valence-corrected chi connectivity index (χ4v) is 2.76. The highest BCUT2D eigenvalue weighted by atomic mass is 19.1. The van der Waals surface area contributed by atoms with Gasteiger partial charge in [-0.25, -0.2) is 4.39 Å². The minimum atomic E-state index is -0.127. The third-order valence-electron chi connectivity index (χ3n) is 3.87. The van der Waals surface area contributed by atoms with Crippen molar-refractivity contribution in [2.75, 3.05) is 20.1 Å². The third-order valence-corrected chi connectivity index (χ3v) is 3.87. The Morgan fingerprint density at radius 2 is 2.22 bits per heavy atom. The average molecular weight is 250 g/mol. The zero-order chi connectivity index (χ0) is 13.0. The van der Waals surface area contributed by atoms with Crippen LogP contribution in [0.1, 0.15) is 30.4 Å². The van der Waals surface area contributed by atoms with Gasteiger partial charge in [-0.3, -0.25) is 4.90 Å². The number of hydrogen-bond donors (Lipinski definition) is 1. The van der Waals surface area contributed by atoms with E-state index in [4.69, 9.17) is 0 Å². The first kappa shape index (κ1) is 13.5. The number of nitrogens with one attached hydrogen (secondary N) is 1. The van der Waals surface area contributed by atoms with Crippen molar-refractivity contribution in [3.63, 3.8) is 0 Å². The maximum absolute atomic E-state index is 13.3. The van der Waals surface area contributed by atoms with Crippen molar-refractivity contribution in [2.45, 2.75) is 38.8 Å². The van der Waals surface area contributed by atoms with Crippen molar-refractivity contribution in [2.24, 2.45) is 0 Å². The summed E-state index contributed by atoms with van der Waals surface area (Å²) in [6.45, 7) is 5.08. The fraction of sp³-hybridized carbons (Fsp3) is 0.600. The minimum Gasteiger partial charge on any atom is -0.318 e. The van der Waals surface area contributed by atoms with E-state index in [2.05, 4.69) is 17.1 Å². The van der Waals surface area contributed by atoms with Crippen LogP contribution in [0.4, 0.5) is 4.39 Å². The summed E-state index contributed by atoms with van der Waals surface area (Å²) < 4.78 is 13.3. The molecule has 1 aromatic carbocycles. The average Bonchev–Trinajstić information content (AvgIpc) is 2.36. The van der Waals surface area contributed by atoms with E-state index in [-0.39, 0.29) is 5.82 Å². The molecular formula is C15H23FN2. The Morgan fingerprint density at radius 1 is 1.39 bits per heavy atom. The largest absolute Gasteiger partial charge is 0.318 e. The Bertz CT molecular complexity index is 390. The second-order valence-corrected chi connectivity index (χ2v) is 5.25. The minimum absolute atomic E-state index is 0.127. The quantitative estimate of drug-likeness (QED) is 0.884. The molecule has 1 aliphatic rings. The van der Waals surface area contributed by atoms with Crippen LogP contribution in [-0.2, 0) is 6.54 Å². The number of likely N-dealkylation sites (N-methyl/N-ethyl adjacent to an activating group) is 1. The summed E-state index contributed by atoms with van der Waals surface area (Å²) in [7, 11) is 2.00. The fourth-order valence-electron chi connectivity index (χ4n) is 2.76. The van der Waals surface area contributed by atoms with Crippen LogP contribution in [0, 0.1) is 12.7 Å². The van der Waals surface area contributed by atoms with Gasteiger partial charge in [-0.1, -0.05) is 12.5 Å². The van der Waals surface area contributed by atoms with Gasteiger partial charge in [-0.15, -0.1) is 0 Å². The number of aryl methyl sites for hydroxylation is 1. The van der Waals surface area contributed by atoms with Crippen molar-refractivity contribution in [1.82, 2.24) is 10.2 Å². The van der Waals surface area contributed by atoms with Gasteiger partial charge in [-0.05, 0) is 56.6 Å². The molecule has 0 bridgehead atoms. The number of piperidine rings is 1. The van der Waals surface area contributed by atoms with Gasteiger partial charge in [0, 0.05) is 19.1 Å². The van der Waals surface area contributed by atoms with Gasteiger partial charge in [-0.2, -0.15) is 0 Å². The number of likely N-dealkylation sites (tertiary alicyclic amines) is 1. The smallest absolute Gasteiger partial charge is 0.123 e. The predicted octanol–water partition coefficient (Wildman–Crippen LogP) is 2.71. The molecule has 1 fully saturated rings. The number of nitrogens with zero attached hydrogens (tertiary/aromatic N) is 1. The summed E-state index contributed by atoms with van der Waals surface area (Å²) in [5.74, 6) is -0.127. The van der Waals surface area contributed by atoms with E-state index in [9.17, 15) is 4.39 Å².